The molecule has 2 heteroatoms. The average Bonchev–Trinajstić information content (AvgIpc) is 2.76. The zero-order valence-corrected chi connectivity index (χ0v) is 18.6. The Morgan fingerprint density at radius 2 is 1.63 bits per heavy atom. The van der Waals surface area contributed by atoms with Crippen molar-refractivity contribution < 1.29 is 4.39 Å². The molecule has 158 valence electrons. The van der Waals surface area contributed by atoms with Crippen LogP contribution in [0, 0.1) is 29.5 Å². The molecule has 1 saturated carbocycles. The summed E-state index contributed by atoms with van der Waals surface area (Å²) in [7, 11) is 0. The van der Waals surface area contributed by atoms with Crippen LogP contribution in [0.3, 0.4) is 0 Å². The van der Waals surface area contributed by atoms with Gasteiger partial charge in [-0.1, -0.05) is 80.2 Å². The zero-order valence-electron chi connectivity index (χ0n) is 17.8. The predicted molar refractivity (Wildman–Crippen MR) is 126 cm³/mol. The topological polar surface area (TPSA) is 0 Å². The van der Waals surface area contributed by atoms with Crippen LogP contribution in [0.2, 0.25) is 5.02 Å². The smallest absolute Gasteiger partial charge is 0.140 e. The Labute approximate surface area is 186 Å². The molecule has 0 heterocycles. The first-order valence-electron chi connectivity index (χ1n) is 11.3. The van der Waals surface area contributed by atoms with Gasteiger partial charge in [0.25, 0.3) is 0 Å². The summed E-state index contributed by atoms with van der Waals surface area (Å²) in [6.07, 6.45) is 15.3. The number of benzene rings is 2. The van der Waals surface area contributed by atoms with E-state index in [1.165, 1.54) is 63.0 Å². The molecule has 0 aromatic heterocycles. The Balaban J connectivity index is 1.41. The van der Waals surface area contributed by atoms with Crippen molar-refractivity contribution in [2.24, 2.45) is 11.8 Å². The highest BCUT2D eigenvalue weighted by Crippen LogP contribution is 2.34. The summed E-state index contributed by atoms with van der Waals surface area (Å²) in [6, 6.07) is 13.0. The largest absolute Gasteiger partial charge is 0.206 e. The van der Waals surface area contributed by atoms with Gasteiger partial charge in [0.1, 0.15) is 5.82 Å². The lowest BCUT2D eigenvalue weighted by atomic mass is 9.78. The third kappa shape index (κ3) is 7.33. The molecule has 0 atom stereocenters. The number of aryl methyl sites for hydroxylation is 1. The molecule has 0 saturated heterocycles. The zero-order chi connectivity index (χ0) is 21.2. The number of hydrogen-bond acceptors (Lipinski definition) is 0. The molecule has 0 amide bonds. The monoisotopic (exact) mass is 422 g/mol. The SMILES string of the molecule is C=CCCCCC1CCC(CCc2ccc(C#Cc3ccc(Cl)cc3F)cc2)CC1. The summed E-state index contributed by atoms with van der Waals surface area (Å²) in [6.45, 7) is 3.81. The number of rotatable bonds is 8. The molecule has 1 fully saturated rings. The van der Waals surface area contributed by atoms with Crippen molar-refractivity contribution >= 4 is 11.6 Å². The van der Waals surface area contributed by atoms with Crippen LogP contribution in [-0.4, -0.2) is 0 Å². The lowest BCUT2D eigenvalue weighted by molar-refractivity contribution is 0.249. The maximum Gasteiger partial charge on any atom is 0.140 e. The van der Waals surface area contributed by atoms with E-state index in [0.717, 1.165) is 30.2 Å². The highest BCUT2D eigenvalue weighted by molar-refractivity contribution is 6.30. The van der Waals surface area contributed by atoms with E-state index in [1.54, 1.807) is 12.1 Å². The van der Waals surface area contributed by atoms with Gasteiger partial charge in [0.15, 0.2) is 0 Å². The third-order valence-corrected chi connectivity index (χ3v) is 6.54. The van der Waals surface area contributed by atoms with E-state index in [1.807, 2.05) is 18.2 Å². The molecule has 0 unspecified atom stereocenters. The molecule has 0 aliphatic heterocycles. The van der Waals surface area contributed by atoms with Gasteiger partial charge in [0.05, 0.1) is 5.56 Å². The van der Waals surface area contributed by atoms with Crippen LogP contribution < -0.4 is 0 Å². The van der Waals surface area contributed by atoms with Crippen LogP contribution in [0.15, 0.2) is 55.1 Å². The van der Waals surface area contributed by atoms with E-state index >= 15 is 0 Å². The quantitative estimate of drug-likeness (QED) is 0.227. The van der Waals surface area contributed by atoms with Crippen molar-refractivity contribution in [2.45, 2.75) is 64.2 Å². The second kappa shape index (κ2) is 12.0. The van der Waals surface area contributed by atoms with Crippen LogP contribution >= 0.6 is 11.6 Å². The molecule has 0 nitrogen and oxygen atoms in total. The van der Waals surface area contributed by atoms with Crippen LogP contribution in [0.4, 0.5) is 4.39 Å². The Hall–Kier alpha value is -2.04. The number of allylic oxidation sites excluding steroid dienone is 1. The lowest BCUT2D eigenvalue weighted by Gasteiger charge is -2.28. The van der Waals surface area contributed by atoms with Crippen molar-refractivity contribution in [1.82, 2.24) is 0 Å². The third-order valence-electron chi connectivity index (χ3n) is 6.30. The summed E-state index contributed by atoms with van der Waals surface area (Å²) in [5.41, 5.74) is 2.65. The van der Waals surface area contributed by atoms with Gasteiger partial charge in [-0.15, -0.1) is 6.58 Å². The van der Waals surface area contributed by atoms with Gasteiger partial charge in [0, 0.05) is 10.6 Å². The Bertz CT molecular complexity index is 864. The second-order valence-corrected chi connectivity index (χ2v) is 9.01. The summed E-state index contributed by atoms with van der Waals surface area (Å²) in [4.78, 5) is 0. The molecule has 0 radical (unpaired) electrons. The highest BCUT2D eigenvalue weighted by Gasteiger charge is 2.20. The normalized spacial score (nSPS) is 18.5. The lowest BCUT2D eigenvalue weighted by Crippen LogP contribution is -2.15. The molecule has 0 spiro atoms. The van der Waals surface area contributed by atoms with Crippen molar-refractivity contribution in [3.8, 4) is 11.8 Å². The van der Waals surface area contributed by atoms with E-state index < -0.39 is 0 Å². The fraction of sp³-hybridized carbons (Fsp3) is 0.429. The Morgan fingerprint density at radius 3 is 2.30 bits per heavy atom. The van der Waals surface area contributed by atoms with Gasteiger partial charge in [-0.3, -0.25) is 0 Å². The highest BCUT2D eigenvalue weighted by atomic mass is 35.5. The summed E-state index contributed by atoms with van der Waals surface area (Å²) < 4.78 is 13.8. The molecule has 3 rings (SSSR count). The molecule has 2 aromatic carbocycles. The molecule has 0 N–H and O–H groups in total. The average molecular weight is 423 g/mol. The number of hydrogen-bond donors (Lipinski definition) is 0. The van der Waals surface area contributed by atoms with Crippen LogP contribution in [0.1, 0.15) is 74.5 Å². The maximum atomic E-state index is 13.8. The molecule has 1 aliphatic rings. The first-order valence-corrected chi connectivity index (χ1v) is 11.7. The van der Waals surface area contributed by atoms with Gasteiger partial charge in [-0.25, -0.2) is 4.39 Å². The van der Waals surface area contributed by atoms with Crippen LogP contribution in [0.25, 0.3) is 0 Å². The molecule has 30 heavy (non-hydrogen) atoms. The first-order chi connectivity index (χ1) is 14.6. The van der Waals surface area contributed by atoms with Crippen molar-refractivity contribution in [1.29, 1.82) is 0 Å². The summed E-state index contributed by atoms with van der Waals surface area (Å²) in [5.74, 6) is 7.39. The Morgan fingerprint density at radius 1 is 0.933 bits per heavy atom. The summed E-state index contributed by atoms with van der Waals surface area (Å²) in [5, 5.41) is 0.388. The first kappa shape index (κ1) is 22.6. The van der Waals surface area contributed by atoms with Crippen LogP contribution in [-0.2, 0) is 6.42 Å². The minimum Gasteiger partial charge on any atom is -0.206 e. The fourth-order valence-electron chi connectivity index (χ4n) is 4.39. The summed E-state index contributed by atoms with van der Waals surface area (Å²) >= 11 is 5.78. The molecule has 2 aromatic rings. The molecule has 0 bridgehead atoms. The number of halogens is 2. The van der Waals surface area contributed by atoms with Crippen LogP contribution in [0.5, 0.6) is 0 Å². The maximum absolute atomic E-state index is 13.8. The molecule has 1 aliphatic carbocycles. The second-order valence-electron chi connectivity index (χ2n) is 8.57. The Kier molecular flexibility index (Phi) is 9.03. The van der Waals surface area contributed by atoms with E-state index in [2.05, 4.69) is 30.6 Å². The molecular formula is C28H32ClF. The standard InChI is InChI=1S/C28H32ClF/c1-2-3-4-5-6-22-7-9-23(10-8-22)11-12-24-13-15-25(16-14-24)17-18-26-19-20-27(29)21-28(26)30/h2,13-16,19-23H,1,3-12H2. The van der Waals surface area contributed by atoms with Gasteiger partial charge in [-0.05, 0) is 73.4 Å². The van der Waals surface area contributed by atoms with Gasteiger partial charge in [-0.2, -0.15) is 0 Å². The van der Waals surface area contributed by atoms with E-state index in [4.69, 9.17) is 11.6 Å². The number of unbranched alkanes of at least 4 members (excludes halogenated alkanes) is 2. The van der Waals surface area contributed by atoms with Gasteiger partial charge >= 0.3 is 0 Å². The van der Waals surface area contributed by atoms with E-state index in [-0.39, 0.29) is 5.82 Å². The van der Waals surface area contributed by atoms with E-state index in [9.17, 15) is 4.39 Å². The van der Waals surface area contributed by atoms with Crippen molar-refractivity contribution in [3.63, 3.8) is 0 Å². The van der Waals surface area contributed by atoms with Gasteiger partial charge < -0.3 is 0 Å². The van der Waals surface area contributed by atoms with E-state index in [0.29, 0.717) is 10.6 Å². The van der Waals surface area contributed by atoms with Gasteiger partial charge in [0.2, 0.25) is 0 Å². The fourth-order valence-corrected chi connectivity index (χ4v) is 4.55. The minimum absolute atomic E-state index is 0.375. The van der Waals surface area contributed by atoms with Crippen molar-refractivity contribution in [3.05, 3.63) is 82.6 Å². The van der Waals surface area contributed by atoms with Crippen molar-refractivity contribution in [2.75, 3.05) is 0 Å². The minimum atomic E-state index is -0.377. The molecular weight excluding hydrogens is 391 g/mol. The predicted octanol–water partition coefficient (Wildman–Crippen LogP) is 8.36.